The molecule has 5 aromatic rings. The van der Waals surface area contributed by atoms with E-state index in [1.165, 1.54) is 0 Å². The third-order valence-electron chi connectivity index (χ3n) is 9.36. The van der Waals surface area contributed by atoms with Gasteiger partial charge in [-0.25, -0.2) is 4.98 Å². The first-order valence-corrected chi connectivity index (χ1v) is 18.1. The summed E-state index contributed by atoms with van der Waals surface area (Å²) in [7, 11) is 0. The second-order valence-electron chi connectivity index (χ2n) is 12.7. The normalized spacial score (nSPS) is 16.1. The van der Waals surface area contributed by atoms with Crippen LogP contribution >= 0.6 is 22.9 Å². The topological polar surface area (TPSA) is 144 Å². The van der Waals surface area contributed by atoms with E-state index in [2.05, 4.69) is 55.7 Å². The summed E-state index contributed by atoms with van der Waals surface area (Å²) in [5.74, 6) is 12.2. The Kier molecular flexibility index (Phi) is 8.82. The molecule has 0 aliphatic carbocycles. The standard InChI is InChI=1S/C39H29ClN8O4S/c1-22-30(53-39-33(22)35(25-10-12-26(40)13-11-25)42-20-31-45-44-23(2)47(31)39)16-14-27-19-41-21-46(27)18-5-3-4-7-24-8-6-9-28-34(24)38(52)48(37(28)51)29-15-17-32(49)43-36(29)50/h6,8-13,19,21,29H,3,5,15,17-18,20H2,1-2H3,(H,43,49,50). The number of nitrogens with one attached hydrogen (secondary N) is 1. The number of imide groups is 2. The number of aromatic nitrogens is 5. The van der Waals surface area contributed by atoms with Gasteiger partial charge in [0.2, 0.25) is 11.8 Å². The van der Waals surface area contributed by atoms with E-state index in [0.717, 1.165) is 54.5 Å². The first-order chi connectivity index (χ1) is 25.7. The minimum Gasteiger partial charge on any atom is -0.324 e. The van der Waals surface area contributed by atoms with Gasteiger partial charge in [0.25, 0.3) is 11.8 Å². The van der Waals surface area contributed by atoms with Crippen LogP contribution in [0.15, 0.2) is 60.0 Å². The van der Waals surface area contributed by atoms with Crippen LogP contribution in [0.5, 0.6) is 0 Å². The first-order valence-electron chi connectivity index (χ1n) is 16.9. The van der Waals surface area contributed by atoms with Crippen LogP contribution in [0.2, 0.25) is 5.02 Å². The monoisotopic (exact) mass is 740 g/mol. The number of piperidine rings is 1. The van der Waals surface area contributed by atoms with Crippen molar-refractivity contribution < 1.29 is 19.2 Å². The van der Waals surface area contributed by atoms with E-state index in [9.17, 15) is 19.2 Å². The van der Waals surface area contributed by atoms with Crippen molar-refractivity contribution >= 4 is 52.3 Å². The van der Waals surface area contributed by atoms with Gasteiger partial charge in [-0.2, -0.15) is 0 Å². The molecule has 262 valence electrons. The molecule has 12 nitrogen and oxygen atoms in total. The van der Waals surface area contributed by atoms with Crippen molar-refractivity contribution in [2.45, 2.75) is 58.7 Å². The number of halogens is 1. The lowest BCUT2D eigenvalue weighted by molar-refractivity contribution is -0.136. The molecule has 0 bridgehead atoms. The van der Waals surface area contributed by atoms with Crippen molar-refractivity contribution in [2.24, 2.45) is 4.99 Å². The third-order valence-corrected chi connectivity index (χ3v) is 10.8. The van der Waals surface area contributed by atoms with Crippen LogP contribution < -0.4 is 5.32 Å². The molecule has 0 spiro atoms. The lowest BCUT2D eigenvalue weighted by atomic mass is 10.00. The van der Waals surface area contributed by atoms with Crippen LogP contribution in [0.3, 0.4) is 0 Å². The second-order valence-corrected chi connectivity index (χ2v) is 14.1. The number of thiophene rings is 1. The predicted octanol–water partition coefficient (Wildman–Crippen LogP) is 4.78. The Morgan fingerprint density at radius 3 is 2.62 bits per heavy atom. The van der Waals surface area contributed by atoms with Crippen LogP contribution in [0.1, 0.15) is 90.9 Å². The number of nitrogens with zero attached hydrogens (tertiary/aromatic N) is 7. The maximum atomic E-state index is 13.4. The van der Waals surface area contributed by atoms with Crippen LogP contribution in [0, 0.1) is 37.5 Å². The van der Waals surface area contributed by atoms with Crippen molar-refractivity contribution in [1.82, 2.24) is 34.5 Å². The molecule has 0 radical (unpaired) electrons. The average molecular weight is 741 g/mol. The van der Waals surface area contributed by atoms with Gasteiger partial charge in [-0.05, 0) is 68.4 Å². The lowest BCUT2D eigenvalue weighted by Crippen LogP contribution is -2.54. The molecule has 3 aliphatic rings. The molecule has 8 rings (SSSR count). The van der Waals surface area contributed by atoms with E-state index >= 15 is 0 Å². The number of carbonyl (C=O) groups excluding carboxylic acids is 4. The molecular formula is C39H29ClN8O4S. The number of carbonyl (C=O) groups is 4. The SMILES string of the molecule is Cc1c(C#Cc2cncn2CCCC#Cc2cccc3c2C(=O)N(C2CCC(=O)NC2=O)C3=O)sc2c1C(c1ccc(Cl)cc1)=NCc1nnc(C)n1-2. The highest BCUT2D eigenvalue weighted by atomic mass is 35.5. The maximum absolute atomic E-state index is 13.4. The fraction of sp³-hybridized carbons (Fsp3) is 0.231. The minimum absolute atomic E-state index is 0.0577. The highest BCUT2D eigenvalue weighted by molar-refractivity contribution is 7.15. The molecule has 14 heteroatoms. The fourth-order valence-corrected chi connectivity index (χ4v) is 8.09. The lowest BCUT2D eigenvalue weighted by Gasteiger charge is -2.27. The highest BCUT2D eigenvalue weighted by Crippen LogP contribution is 2.37. The van der Waals surface area contributed by atoms with Crippen LogP contribution in [-0.2, 0) is 22.7 Å². The molecule has 0 saturated carbocycles. The molecule has 1 unspecified atom stereocenters. The highest BCUT2D eigenvalue weighted by Gasteiger charge is 2.45. The van der Waals surface area contributed by atoms with Gasteiger partial charge < -0.3 is 4.57 Å². The minimum atomic E-state index is -1.03. The van der Waals surface area contributed by atoms with Gasteiger partial charge in [0.05, 0.1) is 34.2 Å². The summed E-state index contributed by atoms with van der Waals surface area (Å²) in [4.78, 5) is 61.7. The summed E-state index contributed by atoms with van der Waals surface area (Å²) in [5.41, 5.74) is 5.40. The Balaban J connectivity index is 0.986. The van der Waals surface area contributed by atoms with Gasteiger partial charge in [-0.1, -0.05) is 41.6 Å². The summed E-state index contributed by atoms with van der Waals surface area (Å²) < 4.78 is 4.03. The van der Waals surface area contributed by atoms with Gasteiger partial charge in [0, 0.05) is 41.1 Å². The second kappa shape index (κ2) is 13.8. The molecule has 3 aromatic heterocycles. The average Bonchev–Trinajstić information content (AvgIpc) is 3.87. The molecule has 2 aromatic carbocycles. The van der Waals surface area contributed by atoms with Crippen LogP contribution in [-0.4, -0.2) is 64.6 Å². The quantitative estimate of drug-likeness (QED) is 0.155. The number of fused-ring (bicyclic) bond motifs is 4. The zero-order valence-corrected chi connectivity index (χ0v) is 30.1. The number of imidazole rings is 1. The van der Waals surface area contributed by atoms with Gasteiger partial charge in [0.15, 0.2) is 5.82 Å². The van der Waals surface area contributed by atoms with Crippen molar-refractivity contribution in [3.63, 3.8) is 0 Å². The summed E-state index contributed by atoms with van der Waals surface area (Å²) in [6.45, 7) is 5.01. The predicted molar refractivity (Wildman–Crippen MR) is 197 cm³/mol. The molecule has 1 saturated heterocycles. The van der Waals surface area contributed by atoms with E-state index in [-0.39, 0.29) is 24.0 Å². The largest absolute Gasteiger partial charge is 0.324 e. The number of hydrogen-bond acceptors (Lipinski definition) is 9. The number of hydrogen-bond donors (Lipinski definition) is 1. The van der Waals surface area contributed by atoms with E-state index in [4.69, 9.17) is 16.6 Å². The molecule has 4 amide bonds. The Labute approximate surface area is 312 Å². The van der Waals surface area contributed by atoms with Crippen molar-refractivity contribution in [3.05, 3.63) is 116 Å². The number of aryl methyl sites for hydroxylation is 2. The van der Waals surface area contributed by atoms with E-state index < -0.39 is 29.7 Å². The zero-order chi connectivity index (χ0) is 36.8. The Hall–Kier alpha value is -6.15. The number of amides is 4. The number of benzene rings is 2. The van der Waals surface area contributed by atoms with Crippen molar-refractivity contribution in [3.8, 4) is 28.7 Å². The zero-order valence-electron chi connectivity index (χ0n) is 28.6. The molecule has 6 heterocycles. The number of unbranched alkanes of at least 4 members (excludes halogenated alkanes) is 1. The van der Waals surface area contributed by atoms with Crippen molar-refractivity contribution in [1.29, 1.82) is 0 Å². The number of rotatable bonds is 5. The van der Waals surface area contributed by atoms with Crippen molar-refractivity contribution in [2.75, 3.05) is 0 Å². The van der Waals surface area contributed by atoms with Crippen LogP contribution in [0.25, 0.3) is 5.00 Å². The summed E-state index contributed by atoms with van der Waals surface area (Å²) >= 11 is 7.78. The Morgan fingerprint density at radius 2 is 1.81 bits per heavy atom. The third kappa shape index (κ3) is 6.14. The fourth-order valence-electron chi connectivity index (χ4n) is 6.74. The van der Waals surface area contributed by atoms with E-state index in [1.807, 2.05) is 35.8 Å². The molecule has 1 atom stereocenters. The Bertz CT molecular complexity index is 2540. The molecule has 3 aliphatic heterocycles. The van der Waals surface area contributed by atoms with E-state index in [1.54, 1.807) is 42.1 Å². The molecule has 1 fully saturated rings. The Morgan fingerprint density at radius 1 is 0.981 bits per heavy atom. The molecule has 53 heavy (non-hydrogen) atoms. The van der Waals surface area contributed by atoms with Gasteiger partial charge in [-0.15, -0.1) is 21.5 Å². The summed E-state index contributed by atoms with van der Waals surface area (Å²) in [6.07, 6.45) is 4.82. The van der Waals surface area contributed by atoms with Gasteiger partial charge in [-0.3, -0.25) is 39.0 Å². The van der Waals surface area contributed by atoms with Gasteiger partial charge >= 0.3 is 0 Å². The molecular weight excluding hydrogens is 712 g/mol. The number of aliphatic imine (C=N–C) groups is 1. The molecule has 1 N–H and O–H groups in total. The summed E-state index contributed by atoms with van der Waals surface area (Å²) in [6, 6.07) is 11.6. The summed E-state index contributed by atoms with van der Waals surface area (Å²) in [5, 5.41) is 12.5. The van der Waals surface area contributed by atoms with Gasteiger partial charge in [0.1, 0.15) is 29.1 Å². The van der Waals surface area contributed by atoms with Crippen LogP contribution in [0.4, 0.5) is 0 Å². The smallest absolute Gasteiger partial charge is 0.263 e. The maximum Gasteiger partial charge on any atom is 0.263 e. The van der Waals surface area contributed by atoms with E-state index in [0.29, 0.717) is 36.5 Å². The first kappa shape index (κ1) is 34.0.